The molecule has 0 nitrogen and oxygen atoms in total. The van der Waals surface area contributed by atoms with Crippen molar-refractivity contribution >= 4 is 0 Å². The molecule has 0 bridgehead atoms. The molecule has 0 heteroatoms. The van der Waals surface area contributed by atoms with Gasteiger partial charge >= 0.3 is 0 Å². The third-order valence-corrected chi connectivity index (χ3v) is 11.8. The lowest BCUT2D eigenvalue weighted by Crippen LogP contribution is -2.58. The maximum absolute atomic E-state index is 2.77. The molecular weight excluding hydrogens is 348 g/mol. The Morgan fingerprint density at radius 1 is 0.828 bits per heavy atom. The zero-order valence-electron chi connectivity index (χ0n) is 21.1. The molecule has 4 aliphatic rings. The molecule has 29 heavy (non-hydrogen) atoms. The highest BCUT2D eigenvalue weighted by atomic mass is 14.7. The number of fused-ring (bicyclic) bond motifs is 5. The summed E-state index contributed by atoms with van der Waals surface area (Å²) in [6, 6.07) is 0. The summed E-state index contributed by atoms with van der Waals surface area (Å²) in [5, 5.41) is 0. The molecule has 4 fully saturated rings. The van der Waals surface area contributed by atoms with Gasteiger partial charge in [0.05, 0.1) is 0 Å². The van der Waals surface area contributed by atoms with Gasteiger partial charge < -0.3 is 0 Å². The minimum absolute atomic E-state index is 0.608. The molecule has 11 unspecified atom stereocenters. The van der Waals surface area contributed by atoms with E-state index in [4.69, 9.17) is 0 Å². The minimum atomic E-state index is 0.608. The molecule has 0 saturated heterocycles. The lowest BCUT2D eigenvalue weighted by Gasteiger charge is -2.65. The topological polar surface area (TPSA) is 0 Å². The fourth-order valence-corrected chi connectivity index (χ4v) is 9.96. The summed E-state index contributed by atoms with van der Waals surface area (Å²) in [6.07, 6.45) is 13.6. The van der Waals surface area contributed by atoms with Crippen molar-refractivity contribution in [3.05, 3.63) is 0 Å². The smallest absolute Gasteiger partial charge is 0.0238 e. The molecule has 4 saturated carbocycles. The summed E-state index contributed by atoms with van der Waals surface area (Å²) in [7, 11) is 0. The maximum atomic E-state index is 2.77. The van der Waals surface area contributed by atoms with E-state index in [-0.39, 0.29) is 0 Å². The molecule has 0 aromatic rings. The van der Waals surface area contributed by atoms with Gasteiger partial charge in [0.15, 0.2) is 0 Å². The van der Waals surface area contributed by atoms with Crippen LogP contribution < -0.4 is 0 Å². The van der Waals surface area contributed by atoms with Crippen LogP contribution in [0.4, 0.5) is 0 Å². The highest BCUT2D eigenvalue weighted by molar-refractivity contribution is 5.12. The van der Waals surface area contributed by atoms with Crippen LogP contribution in [0.2, 0.25) is 0 Å². The van der Waals surface area contributed by atoms with Gasteiger partial charge in [0.2, 0.25) is 0 Å². The fourth-order valence-electron chi connectivity index (χ4n) is 9.96. The zero-order valence-corrected chi connectivity index (χ0v) is 21.1. The molecule has 4 aliphatic carbocycles. The Morgan fingerprint density at radius 3 is 2.24 bits per heavy atom. The van der Waals surface area contributed by atoms with Gasteiger partial charge in [-0.25, -0.2) is 0 Å². The highest BCUT2D eigenvalue weighted by Gasteiger charge is 2.64. The molecular formula is C29H52. The van der Waals surface area contributed by atoms with E-state index in [9.17, 15) is 0 Å². The highest BCUT2D eigenvalue weighted by Crippen LogP contribution is 2.71. The minimum Gasteiger partial charge on any atom is -0.0628 e. The Balaban J connectivity index is 1.60. The third-order valence-electron chi connectivity index (χ3n) is 11.8. The molecule has 0 heterocycles. The van der Waals surface area contributed by atoms with Crippen molar-refractivity contribution in [2.45, 2.75) is 113 Å². The first kappa shape index (κ1) is 22.2. The van der Waals surface area contributed by atoms with Gasteiger partial charge in [-0.2, -0.15) is 0 Å². The normalized spacial score (nSPS) is 53.3. The van der Waals surface area contributed by atoms with Crippen molar-refractivity contribution < 1.29 is 0 Å². The molecule has 4 rings (SSSR count). The molecule has 0 aliphatic heterocycles. The standard InChI is InChI=1S/C29H52/c1-18(2)9-10-20(4)24-11-12-25-27-21(5)16-23-15-19(3)13-14-28(23,7)26(27)17-22(6)29(24,25)8/h18-27H,9-17H2,1-8H3. The second kappa shape index (κ2) is 7.85. The quantitative estimate of drug-likeness (QED) is 0.442. The number of hydrogen-bond donors (Lipinski definition) is 0. The van der Waals surface area contributed by atoms with Gasteiger partial charge in [0.1, 0.15) is 0 Å². The molecule has 0 spiro atoms. The van der Waals surface area contributed by atoms with E-state index in [1.807, 2.05) is 0 Å². The summed E-state index contributed by atoms with van der Waals surface area (Å²) in [4.78, 5) is 0. The van der Waals surface area contributed by atoms with E-state index in [1.165, 1.54) is 51.4 Å². The summed E-state index contributed by atoms with van der Waals surface area (Å²) in [5.74, 6) is 9.68. The molecule has 11 atom stereocenters. The Labute approximate surface area is 183 Å². The largest absolute Gasteiger partial charge is 0.0628 e. The van der Waals surface area contributed by atoms with E-state index in [0.29, 0.717) is 10.8 Å². The fraction of sp³-hybridized carbons (Fsp3) is 1.00. The third kappa shape index (κ3) is 3.46. The molecule has 168 valence electrons. The molecule has 0 aromatic heterocycles. The predicted octanol–water partition coefficient (Wildman–Crippen LogP) is 8.85. The van der Waals surface area contributed by atoms with E-state index in [1.54, 1.807) is 6.42 Å². The van der Waals surface area contributed by atoms with Gasteiger partial charge in [-0.3, -0.25) is 0 Å². The van der Waals surface area contributed by atoms with Crippen LogP contribution in [0.3, 0.4) is 0 Å². The Kier molecular flexibility index (Phi) is 6.01. The van der Waals surface area contributed by atoms with Crippen LogP contribution in [0.25, 0.3) is 0 Å². The van der Waals surface area contributed by atoms with Gasteiger partial charge in [0.25, 0.3) is 0 Å². The van der Waals surface area contributed by atoms with Crippen LogP contribution in [0.15, 0.2) is 0 Å². The van der Waals surface area contributed by atoms with Crippen LogP contribution >= 0.6 is 0 Å². The van der Waals surface area contributed by atoms with Crippen LogP contribution in [0.5, 0.6) is 0 Å². The van der Waals surface area contributed by atoms with Crippen LogP contribution in [-0.2, 0) is 0 Å². The molecule has 0 aromatic carbocycles. The maximum Gasteiger partial charge on any atom is -0.0238 e. The van der Waals surface area contributed by atoms with Crippen molar-refractivity contribution in [3.63, 3.8) is 0 Å². The number of rotatable bonds is 4. The van der Waals surface area contributed by atoms with E-state index >= 15 is 0 Å². The first-order chi connectivity index (χ1) is 13.6. The first-order valence-electron chi connectivity index (χ1n) is 13.6. The Hall–Kier alpha value is 0. The molecule has 0 radical (unpaired) electrons. The number of hydrogen-bond acceptors (Lipinski definition) is 0. The van der Waals surface area contributed by atoms with Crippen LogP contribution in [0, 0.1) is 70.0 Å². The lowest BCUT2D eigenvalue weighted by molar-refractivity contribution is -0.162. The van der Waals surface area contributed by atoms with Crippen molar-refractivity contribution in [1.29, 1.82) is 0 Å². The van der Waals surface area contributed by atoms with Crippen molar-refractivity contribution in [1.82, 2.24) is 0 Å². The SMILES string of the molecule is CC(C)CCC(C)C1CCC2C3C(C)CC4CC(C)CCC4(C)C3CC(C)C12C. The van der Waals surface area contributed by atoms with Crippen molar-refractivity contribution in [3.8, 4) is 0 Å². The second-order valence-electron chi connectivity index (χ2n) is 13.7. The molecule has 0 N–H and O–H groups in total. The summed E-state index contributed by atoms with van der Waals surface area (Å²) in [6.45, 7) is 20.8. The summed E-state index contributed by atoms with van der Waals surface area (Å²) < 4.78 is 0. The monoisotopic (exact) mass is 400 g/mol. The van der Waals surface area contributed by atoms with Crippen LogP contribution in [-0.4, -0.2) is 0 Å². The summed E-state index contributed by atoms with van der Waals surface area (Å²) >= 11 is 0. The lowest BCUT2D eigenvalue weighted by atomic mass is 9.40. The second-order valence-corrected chi connectivity index (χ2v) is 13.7. The van der Waals surface area contributed by atoms with E-state index in [0.717, 1.165) is 59.2 Å². The predicted molar refractivity (Wildman–Crippen MR) is 127 cm³/mol. The van der Waals surface area contributed by atoms with Crippen molar-refractivity contribution in [2.75, 3.05) is 0 Å². The van der Waals surface area contributed by atoms with Gasteiger partial charge in [-0.1, -0.05) is 74.7 Å². The molecule has 0 amide bonds. The van der Waals surface area contributed by atoms with E-state index in [2.05, 4.69) is 55.4 Å². The average molecular weight is 401 g/mol. The first-order valence-corrected chi connectivity index (χ1v) is 13.6. The Morgan fingerprint density at radius 2 is 1.55 bits per heavy atom. The zero-order chi connectivity index (χ0) is 21.1. The van der Waals surface area contributed by atoms with Gasteiger partial charge in [0, 0.05) is 0 Å². The van der Waals surface area contributed by atoms with Crippen LogP contribution in [0.1, 0.15) is 113 Å². The van der Waals surface area contributed by atoms with Gasteiger partial charge in [-0.15, -0.1) is 0 Å². The van der Waals surface area contributed by atoms with E-state index < -0.39 is 0 Å². The summed E-state index contributed by atoms with van der Waals surface area (Å²) in [5.41, 5.74) is 1.26. The Bertz CT molecular complexity index is 577. The van der Waals surface area contributed by atoms with Gasteiger partial charge in [-0.05, 0) is 109 Å². The average Bonchev–Trinajstić information content (AvgIpc) is 3.01. The van der Waals surface area contributed by atoms with Crippen molar-refractivity contribution in [2.24, 2.45) is 70.0 Å².